The van der Waals surface area contributed by atoms with Crippen molar-refractivity contribution < 1.29 is 14.3 Å². The molecule has 2 aromatic carbocycles. The summed E-state index contributed by atoms with van der Waals surface area (Å²) in [6.07, 6.45) is 0.203. The number of hydrogen-bond acceptors (Lipinski definition) is 3. The largest absolute Gasteiger partial charge is 0.449 e. The van der Waals surface area contributed by atoms with Gasteiger partial charge in [0, 0.05) is 17.8 Å². The molecule has 2 aromatic rings. The number of amides is 2. The Morgan fingerprint density at radius 1 is 0.579 bits per heavy atom. The third-order valence-electron chi connectivity index (χ3n) is 6.64. The Morgan fingerprint density at radius 3 is 1.26 bits per heavy atom. The Hall–Kier alpha value is -2.82. The summed E-state index contributed by atoms with van der Waals surface area (Å²) < 4.78 is 5.40. The Labute approximate surface area is 231 Å². The molecule has 5 nitrogen and oxygen atoms in total. The maximum atomic E-state index is 12.7. The Morgan fingerprint density at radius 2 is 0.921 bits per heavy atom. The second kappa shape index (κ2) is 11.5. The molecule has 2 amide bonds. The van der Waals surface area contributed by atoms with Crippen LogP contribution in [-0.4, -0.2) is 18.6 Å². The van der Waals surface area contributed by atoms with E-state index in [1.165, 1.54) is 11.1 Å². The lowest BCUT2D eigenvalue weighted by molar-refractivity contribution is -0.116. The zero-order valence-electron chi connectivity index (χ0n) is 25.8. The molecule has 0 aliphatic rings. The molecule has 0 aliphatic carbocycles. The predicted molar refractivity (Wildman–Crippen MR) is 161 cm³/mol. The van der Waals surface area contributed by atoms with Crippen molar-refractivity contribution in [3.8, 4) is 0 Å². The number of rotatable bonds is 6. The van der Waals surface area contributed by atoms with E-state index < -0.39 is 6.09 Å². The van der Waals surface area contributed by atoms with Crippen LogP contribution in [-0.2, 0) is 31.2 Å². The number of anilines is 2. The molecule has 210 valence electrons. The number of ether oxygens (including phenoxy) is 1. The van der Waals surface area contributed by atoms with E-state index in [9.17, 15) is 9.59 Å². The van der Waals surface area contributed by atoms with Crippen molar-refractivity contribution in [3.63, 3.8) is 0 Å². The fourth-order valence-corrected chi connectivity index (χ4v) is 3.91. The second-order valence-corrected chi connectivity index (χ2v) is 14.5. The molecule has 0 fully saturated rings. The molecule has 2 rings (SSSR count). The molecule has 0 spiro atoms. The van der Waals surface area contributed by atoms with Gasteiger partial charge in [-0.3, -0.25) is 10.1 Å². The monoisotopic (exact) mass is 522 g/mol. The molecule has 0 radical (unpaired) electrons. The molecule has 0 unspecified atom stereocenters. The summed E-state index contributed by atoms with van der Waals surface area (Å²) in [7, 11) is 0. The summed E-state index contributed by atoms with van der Waals surface area (Å²) in [4.78, 5) is 25.2. The van der Waals surface area contributed by atoms with Crippen LogP contribution in [0.25, 0.3) is 0 Å². The van der Waals surface area contributed by atoms with Gasteiger partial charge in [-0.05, 0) is 74.6 Å². The van der Waals surface area contributed by atoms with Crippen molar-refractivity contribution in [2.24, 2.45) is 0 Å². The Kier molecular flexibility index (Phi) is 9.51. The minimum Gasteiger partial charge on any atom is -0.449 e. The number of carbonyl (C=O) groups is 2. The summed E-state index contributed by atoms with van der Waals surface area (Å²) in [6, 6.07) is 12.5. The van der Waals surface area contributed by atoms with E-state index in [4.69, 9.17) is 4.74 Å². The molecule has 0 saturated heterocycles. The lowest BCUT2D eigenvalue weighted by atomic mass is 9.80. The summed E-state index contributed by atoms with van der Waals surface area (Å²) in [6.45, 7) is 26.2. The highest BCUT2D eigenvalue weighted by Crippen LogP contribution is 2.33. The Balaban J connectivity index is 1.97. The minimum atomic E-state index is -0.510. The molecule has 5 heteroatoms. The number of nitrogens with one attached hydrogen (secondary N) is 2. The van der Waals surface area contributed by atoms with Gasteiger partial charge >= 0.3 is 6.09 Å². The fraction of sp³-hybridized carbons (Fsp3) is 0.576. The number of benzene rings is 2. The average molecular weight is 523 g/mol. The highest BCUT2D eigenvalue weighted by molar-refractivity contribution is 5.91. The van der Waals surface area contributed by atoms with Crippen molar-refractivity contribution in [1.82, 2.24) is 0 Å². The lowest BCUT2D eigenvalue weighted by Gasteiger charge is -2.26. The van der Waals surface area contributed by atoms with Crippen LogP contribution in [0.1, 0.15) is 118 Å². The maximum Gasteiger partial charge on any atom is 0.411 e. The van der Waals surface area contributed by atoms with E-state index in [-0.39, 0.29) is 40.6 Å². The minimum absolute atomic E-state index is 0.0258. The van der Waals surface area contributed by atoms with Gasteiger partial charge in [0.2, 0.25) is 5.91 Å². The van der Waals surface area contributed by atoms with Crippen molar-refractivity contribution in [3.05, 3.63) is 58.7 Å². The predicted octanol–water partition coefficient (Wildman–Crippen LogP) is 8.84. The first-order valence-corrected chi connectivity index (χ1v) is 13.7. The van der Waals surface area contributed by atoms with E-state index in [1.807, 2.05) is 12.1 Å². The SMILES string of the molecule is CC(C)(C)c1cc(NC(=O)CCCOC(=O)Nc2cc(C(C)(C)C)cc(C(C)(C)C)c2)cc(C(C)(C)C)c1. The van der Waals surface area contributed by atoms with Gasteiger partial charge in [-0.2, -0.15) is 0 Å². The van der Waals surface area contributed by atoms with Crippen molar-refractivity contribution in [2.75, 3.05) is 17.2 Å². The van der Waals surface area contributed by atoms with Gasteiger partial charge in [-0.1, -0.05) is 95.2 Å². The molecule has 0 bridgehead atoms. The standard InChI is InChI=1S/C33H50N2O3/c1-30(2,3)22-16-23(31(4,5)6)19-26(18-22)34-28(36)14-13-15-38-29(37)35-27-20-24(32(7,8)9)17-25(21-27)33(10,11)12/h16-21H,13-15H2,1-12H3,(H,34,36)(H,35,37). The van der Waals surface area contributed by atoms with Gasteiger partial charge in [0.15, 0.2) is 0 Å². The first-order valence-electron chi connectivity index (χ1n) is 13.7. The summed E-state index contributed by atoms with van der Waals surface area (Å²) >= 11 is 0. The van der Waals surface area contributed by atoms with Crippen LogP contribution in [0.5, 0.6) is 0 Å². The Bertz CT molecular complexity index is 981. The fourth-order valence-electron chi connectivity index (χ4n) is 3.91. The summed E-state index contributed by atoms with van der Waals surface area (Å²) in [5.74, 6) is -0.0902. The van der Waals surface area contributed by atoms with Gasteiger partial charge in [0.05, 0.1) is 6.61 Å². The van der Waals surface area contributed by atoms with Gasteiger partial charge < -0.3 is 10.1 Å². The third kappa shape index (κ3) is 9.49. The van der Waals surface area contributed by atoms with Crippen LogP contribution in [0, 0.1) is 0 Å². The molecule has 0 aromatic heterocycles. The third-order valence-corrected chi connectivity index (χ3v) is 6.64. The molecule has 0 aliphatic heterocycles. The van der Waals surface area contributed by atoms with Crippen LogP contribution in [0.2, 0.25) is 0 Å². The van der Waals surface area contributed by atoms with E-state index in [0.717, 1.165) is 22.5 Å². The summed E-state index contributed by atoms with van der Waals surface area (Å²) in [5, 5.41) is 5.91. The first kappa shape index (κ1) is 31.4. The van der Waals surface area contributed by atoms with Crippen LogP contribution in [0.4, 0.5) is 16.2 Å². The average Bonchev–Trinajstić information content (AvgIpc) is 2.74. The second-order valence-electron chi connectivity index (χ2n) is 14.5. The maximum absolute atomic E-state index is 12.7. The van der Waals surface area contributed by atoms with Crippen molar-refractivity contribution in [2.45, 2.75) is 118 Å². The van der Waals surface area contributed by atoms with Crippen molar-refractivity contribution >= 4 is 23.4 Å². The van der Waals surface area contributed by atoms with Gasteiger partial charge in [-0.15, -0.1) is 0 Å². The normalized spacial score (nSPS) is 12.7. The first-order chi connectivity index (χ1) is 17.2. The summed E-state index contributed by atoms with van der Waals surface area (Å²) in [5.41, 5.74) is 6.06. The van der Waals surface area contributed by atoms with Crippen LogP contribution in [0.15, 0.2) is 36.4 Å². The number of hydrogen-bond donors (Lipinski definition) is 2. The van der Waals surface area contributed by atoms with E-state index >= 15 is 0 Å². The highest BCUT2D eigenvalue weighted by Gasteiger charge is 2.22. The quantitative estimate of drug-likeness (QED) is 0.372. The van der Waals surface area contributed by atoms with E-state index in [2.05, 4.69) is 118 Å². The van der Waals surface area contributed by atoms with Crippen LogP contribution >= 0.6 is 0 Å². The number of carbonyl (C=O) groups excluding carboxylic acids is 2. The van der Waals surface area contributed by atoms with Gasteiger partial charge in [0.1, 0.15) is 0 Å². The van der Waals surface area contributed by atoms with Crippen molar-refractivity contribution in [1.29, 1.82) is 0 Å². The molecule has 2 N–H and O–H groups in total. The molecular formula is C33H50N2O3. The van der Waals surface area contributed by atoms with Gasteiger partial charge in [-0.25, -0.2) is 4.79 Å². The molecule has 38 heavy (non-hydrogen) atoms. The zero-order chi connectivity index (χ0) is 29.1. The van der Waals surface area contributed by atoms with E-state index in [0.29, 0.717) is 6.42 Å². The smallest absolute Gasteiger partial charge is 0.411 e. The molecule has 0 heterocycles. The molecular weight excluding hydrogens is 472 g/mol. The lowest BCUT2D eigenvalue weighted by Crippen LogP contribution is -2.20. The zero-order valence-corrected chi connectivity index (χ0v) is 25.8. The van der Waals surface area contributed by atoms with E-state index in [1.54, 1.807) is 0 Å². The van der Waals surface area contributed by atoms with Crippen LogP contribution in [0.3, 0.4) is 0 Å². The van der Waals surface area contributed by atoms with Gasteiger partial charge in [0.25, 0.3) is 0 Å². The topological polar surface area (TPSA) is 67.4 Å². The van der Waals surface area contributed by atoms with Crippen LogP contribution < -0.4 is 10.6 Å². The molecule has 0 atom stereocenters. The molecule has 0 saturated carbocycles. The highest BCUT2D eigenvalue weighted by atomic mass is 16.5.